The number of carbonyl (C=O) groups excluding carboxylic acids is 1. The Morgan fingerprint density at radius 3 is 2.20 bits per heavy atom. The van der Waals surface area contributed by atoms with Gasteiger partial charge in [0, 0.05) is 5.02 Å². The van der Waals surface area contributed by atoms with Gasteiger partial charge in [0.2, 0.25) is 5.91 Å². The number of amides is 1. The molecular weight excluding hydrogens is 484 g/mol. The topological polar surface area (TPSA) is 75.7 Å². The Morgan fingerprint density at radius 1 is 1.00 bits per heavy atom. The number of halogens is 1. The van der Waals surface area contributed by atoms with Gasteiger partial charge in [-0.25, -0.2) is 8.42 Å². The van der Waals surface area contributed by atoms with Crippen LogP contribution in [0.15, 0.2) is 71.6 Å². The third-order valence-corrected chi connectivity index (χ3v) is 7.86. The molecule has 0 radical (unpaired) electrons. The zero-order valence-electron chi connectivity index (χ0n) is 20.6. The summed E-state index contributed by atoms with van der Waals surface area (Å²) < 4.78 is 33.5. The van der Waals surface area contributed by atoms with Crippen LogP contribution in [0, 0.1) is 6.92 Å². The van der Waals surface area contributed by atoms with Gasteiger partial charge in [-0.05, 0) is 85.0 Å². The van der Waals surface area contributed by atoms with Gasteiger partial charge in [-0.2, -0.15) is 0 Å². The van der Waals surface area contributed by atoms with Crippen molar-refractivity contribution in [2.45, 2.75) is 44.6 Å². The van der Waals surface area contributed by atoms with Crippen LogP contribution >= 0.6 is 11.6 Å². The summed E-state index contributed by atoms with van der Waals surface area (Å²) in [6, 6.07) is 18.1. The van der Waals surface area contributed by atoms with Gasteiger partial charge in [0.25, 0.3) is 10.0 Å². The van der Waals surface area contributed by atoms with Crippen molar-refractivity contribution in [2.75, 3.05) is 18.0 Å². The molecule has 0 aromatic heterocycles. The number of hydrogen-bond donors (Lipinski definition) is 1. The molecule has 3 aromatic carbocycles. The summed E-state index contributed by atoms with van der Waals surface area (Å²) in [7, 11) is -2.34. The van der Waals surface area contributed by atoms with E-state index in [0.29, 0.717) is 10.7 Å². The van der Waals surface area contributed by atoms with Crippen molar-refractivity contribution in [3.63, 3.8) is 0 Å². The number of anilines is 1. The Balaban J connectivity index is 1.90. The van der Waals surface area contributed by atoms with E-state index in [0.717, 1.165) is 26.7 Å². The SMILES string of the molecule is COc1cc(C)c([C@H](C)NC(=O)CN(c2ccc(Cl)cc2)S(=O)(=O)c2ccccc2)cc1C(C)C. The predicted octanol–water partition coefficient (Wildman–Crippen LogP) is 5.85. The molecule has 3 rings (SSSR count). The maximum absolute atomic E-state index is 13.5. The molecule has 0 spiro atoms. The second-order valence-corrected chi connectivity index (χ2v) is 11.0. The number of aryl methyl sites for hydroxylation is 1. The smallest absolute Gasteiger partial charge is 0.264 e. The Morgan fingerprint density at radius 2 is 1.63 bits per heavy atom. The molecule has 186 valence electrons. The molecule has 0 saturated carbocycles. The lowest BCUT2D eigenvalue weighted by Gasteiger charge is -2.26. The summed E-state index contributed by atoms with van der Waals surface area (Å²) in [6.07, 6.45) is 0. The molecule has 1 amide bonds. The average molecular weight is 515 g/mol. The highest BCUT2D eigenvalue weighted by Crippen LogP contribution is 2.32. The molecule has 0 aliphatic heterocycles. The van der Waals surface area contributed by atoms with Crippen molar-refractivity contribution in [1.82, 2.24) is 5.32 Å². The molecule has 0 aliphatic rings. The molecule has 35 heavy (non-hydrogen) atoms. The summed E-state index contributed by atoms with van der Waals surface area (Å²) in [5.74, 6) is 0.625. The van der Waals surface area contributed by atoms with Crippen molar-refractivity contribution in [1.29, 1.82) is 0 Å². The van der Waals surface area contributed by atoms with Crippen molar-refractivity contribution < 1.29 is 17.9 Å². The van der Waals surface area contributed by atoms with Gasteiger partial charge in [0.1, 0.15) is 12.3 Å². The van der Waals surface area contributed by atoms with Crippen LogP contribution in [0.4, 0.5) is 5.69 Å². The molecule has 1 atom stereocenters. The minimum atomic E-state index is -3.98. The fourth-order valence-corrected chi connectivity index (χ4v) is 5.52. The highest BCUT2D eigenvalue weighted by Gasteiger charge is 2.28. The minimum absolute atomic E-state index is 0.100. The number of nitrogens with zero attached hydrogens (tertiary/aromatic N) is 1. The number of sulfonamides is 1. The van der Waals surface area contributed by atoms with Gasteiger partial charge in [-0.15, -0.1) is 0 Å². The molecule has 0 saturated heterocycles. The van der Waals surface area contributed by atoms with Crippen molar-refractivity contribution in [3.05, 3.63) is 88.4 Å². The van der Waals surface area contributed by atoms with Crippen LogP contribution < -0.4 is 14.4 Å². The zero-order valence-corrected chi connectivity index (χ0v) is 22.2. The normalized spacial score (nSPS) is 12.3. The number of nitrogens with one attached hydrogen (secondary N) is 1. The fourth-order valence-electron chi connectivity index (χ4n) is 3.95. The minimum Gasteiger partial charge on any atom is -0.496 e. The van der Waals surface area contributed by atoms with Gasteiger partial charge in [-0.3, -0.25) is 9.10 Å². The number of ether oxygens (including phenoxy) is 1. The second kappa shape index (κ2) is 11.1. The van der Waals surface area contributed by atoms with Crippen LogP contribution in [-0.4, -0.2) is 28.0 Å². The summed E-state index contributed by atoms with van der Waals surface area (Å²) in [4.78, 5) is 13.2. The number of rotatable bonds is 9. The van der Waals surface area contributed by atoms with E-state index in [1.165, 1.54) is 12.1 Å². The molecule has 0 heterocycles. The Hall–Kier alpha value is -3.03. The number of hydrogen-bond acceptors (Lipinski definition) is 4. The molecule has 0 unspecified atom stereocenters. The number of carbonyl (C=O) groups is 1. The molecule has 1 N–H and O–H groups in total. The van der Waals surface area contributed by atoms with Crippen LogP contribution in [0.5, 0.6) is 5.75 Å². The Bertz CT molecular complexity index is 1280. The highest BCUT2D eigenvalue weighted by molar-refractivity contribution is 7.92. The monoisotopic (exact) mass is 514 g/mol. The van der Waals surface area contributed by atoms with Crippen LogP contribution in [0.2, 0.25) is 5.02 Å². The van der Waals surface area contributed by atoms with Crippen LogP contribution in [0.25, 0.3) is 0 Å². The van der Waals surface area contributed by atoms with E-state index in [2.05, 4.69) is 19.2 Å². The van der Waals surface area contributed by atoms with E-state index in [1.807, 2.05) is 26.0 Å². The van der Waals surface area contributed by atoms with Gasteiger partial charge in [0.05, 0.1) is 23.7 Å². The molecule has 3 aromatic rings. The number of benzene rings is 3. The molecule has 0 fully saturated rings. The lowest BCUT2D eigenvalue weighted by Crippen LogP contribution is -2.41. The van der Waals surface area contributed by atoms with Crippen molar-refractivity contribution >= 4 is 33.2 Å². The van der Waals surface area contributed by atoms with E-state index >= 15 is 0 Å². The van der Waals surface area contributed by atoms with Gasteiger partial charge < -0.3 is 10.1 Å². The van der Waals surface area contributed by atoms with E-state index in [4.69, 9.17) is 16.3 Å². The summed E-state index contributed by atoms with van der Waals surface area (Å²) in [5, 5.41) is 3.44. The summed E-state index contributed by atoms with van der Waals surface area (Å²) in [6.45, 7) is 7.63. The second-order valence-electron chi connectivity index (χ2n) is 8.70. The quantitative estimate of drug-likeness (QED) is 0.388. The van der Waals surface area contributed by atoms with E-state index < -0.39 is 15.9 Å². The van der Waals surface area contributed by atoms with E-state index in [-0.39, 0.29) is 23.4 Å². The predicted molar refractivity (Wildman–Crippen MR) is 141 cm³/mol. The average Bonchev–Trinajstić information content (AvgIpc) is 2.83. The first kappa shape index (κ1) is 26.6. The largest absolute Gasteiger partial charge is 0.496 e. The maximum Gasteiger partial charge on any atom is 0.264 e. The highest BCUT2D eigenvalue weighted by atomic mass is 35.5. The van der Waals surface area contributed by atoms with Crippen LogP contribution in [-0.2, 0) is 14.8 Å². The Labute approximate surface area is 212 Å². The van der Waals surface area contributed by atoms with Crippen molar-refractivity contribution in [3.8, 4) is 5.75 Å². The molecule has 0 aliphatic carbocycles. The van der Waals surface area contributed by atoms with Crippen LogP contribution in [0.3, 0.4) is 0 Å². The first-order valence-electron chi connectivity index (χ1n) is 11.4. The third kappa shape index (κ3) is 6.16. The van der Waals surface area contributed by atoms with Gasteiger partial charge >= 0.3 is 0 Å². The van der Waals surface area contributed by atoms with Gasteiger partial charge in [-0.1, -0.05) is 43.6 Å². The number of methoxy groups -OCH3 is 1. The van der Waals surface area contributed by atoms with Crippen LogP contribution in [0.1, 0.15) is 49.4 Å². The fraction of sp³-hybridized carbons (Fsp3) is 0.296. The van der Waals surface area contributed by atoms with E-state index in [9.17, 15) is 13.2 Å². The summed E-state index contributed by atoms with van der Waals surface area (Å²) in [5.41, 5.74) is 3.32. The molecule has 0 bridgehead atoms. The first-order chi connectivity index (χ1) is 16.5. The molecule has 8 heteroatoms. The summed E-state index contributed by atoms with van der Waals surface area (Å²) >= 11 is 6.01. The Kier molecular flexibility index (Phi) is 8.46. The third-order valence-electron chi connectivity index (χ3n) is 5.82. The van der Waals surface area contributed by atoms with Gasteiger partial charge in [0.15, 0.2) is 0 Å². The first-order valence-corrected chi connectivity index (χ1v) is 13.2. The molecular formula is C27H31ClN2O4S. The molecule has 6 nitrogen and oxygen atoms in total. The standard InChI is InChI=1S/C27H31ClN2O4S/c1-18(2)24-16-25(19(3)15-26(24)34-5)20(4)29-27(31)17-30(22-13-11-21(28)12-14-22)35(32,33)23-9-7-6-8-10-23/h6-16,18,20H,17H2,1-5H3,(H,29,31)/t20-/m0/s1. The lowest BCUT2D eigenvalue weighted by molar-refractivity contribution is -0.120. The zero-order chi connectivity index (χ0) is 25.8. The van der Waals surface area contributed by atoms with E-state index in [1.54, 1.807) is 49.6 Å². The maximum atomic E-state index is 13.5. The van der Waals surface area contributed by atoms with Crippen molar-refractivity contribution in [2.24, 2.45) is 0 Å². The lowest BCUT2D eigenvalue weighted by atomic mass is 9.93.